The Morgan fingerprint density at radius 2 is 2.00 bits per heavy atom. The first kappa shape index (κ1) is 17.7. The molecule has 1 aliphatic heterocycles. The highest BCUT2D eigenvalue weighted by Gasteiger charge is 2.46. The fourth-order valence-corrected chi connectivity index (χ4v) is 5.00. The molecule has 0 radical (unpaired) electrons. The first-order valence-corrected chi connectivity index (χ1v) is 8.84. The molecule has 7 heteroatoms. The van der Waals surface area contributed by atoms with Gasteiger partial charge < -0.3 is 4.74 Å². The van der Waals surface area contributed by atoms with E-state index in [2.05, 4.69) is 4.98 Å². The average molecular weight is 353 g/mol. The Labute approximate surface area is 142 Å². The summed E-state index contributed by atoms with van der Waals surface area (Å²) in [4.78, 5) is 16.3. The van der Waals surface area contributed by atoms with Crippen LogP contribution < -0.4 is 0 Å². The third-order valence-corrected chi connectivity index (χ3v) is 6.18. The number of carbonyl (C=O) groups is 1. The molecule has 1 aliphatic rings. The molecule has 3 rings (SSSR count). The van der Waals surface area contributed by atoms with Crippen LogP contribution in [0.3, 0.4) is 0 Å². The second kappa shape index (κ2) is 6.88. The zero-order valence-corrected chi connectivity index (χ0v) is 14.5. The molecular weight excluding hydrogens is 334 g/mol. The largest absolute Gasteiger partial charge is 0.464 e. The number of para-hydroxylation sites is 1. The van der Waals surface area contributed by atoms with Gasteiger partial charge in [-0.25, -0.2) is 8.42 Å². The zero-order valence-electron chi connectivity index (χ0n) is 12.7. The summed E-state index contributed by atoms with van der Waals surface area (Å²) in [6, 6.07) is 8.55. The van der Waals surface area contributed by atoms with Crippen molar-refractivity contribution in [3.8, 4) is 0 Å². The van der Waals surface area contributed by atoms with Crippen LogP contribution in [0.4, 0.5) is 0 Å². The molecule has 1 aromatic heterocycles. The van der Waals surface area contributed by atoms with Gasteiger partial charge in [0.1, 0.15) is 0 Å². The van der Waals surface area contributed by atoms with Crippen molar-refractivity contribution in [3.05, 3.63) is 36.5 Å². The van der Waals surface area contributed by atoms with E-state index in [0.29, 0.717) is 11.9 Å². The summed E-state index contributed by atoms with van der Waals surface area (Å²) in [6.45, 7) is 2.14. The fraction of sp³-hybridized carbons (Fsp3) is 0.375. The van der Waals surface area contributed by atoms with Gasteiger partial charge in [-0.1, -0.05) is 31.5 Å². The molecule has 0 bridgehead atoms. The van der Waals surface area contributed by atoms with Crippen molar-refractivity contribution in [1.29, 1.82) is 0 Å². The summed E-state index contributed by atoms with van der Waals surface area (Å²) in [5.74, 6) is -0.937. The molecule has 0 N–H and O–H groups in total. The summed E-state index contributed by atoms with van der Waals surface area (Å²) < 4.78 is 31.0. The third-order valence-electron chi connectivity index (χ3n) is 4.00. The van der Waals surface area contributed by atoms with Crippen molar-refractivity contribution in [1.82, 2.24) is 4.98 Å². The molecule has 1 unspecified atom stereocenters. The lowest BCUT2D eigenvalue weighted by atomic mass is 10.0. The lowest BCUT2D eigenvalue weighted by Gasteiger charge is -2.16. The summed E-state index contributed by atoms with van der Waals surface area (Å²) in [7, 11) is -3.82. The van der Waals surface area contributed by atoms with Crippen LogP contribution in [0.25, 0.3) is 10.9 Å². The topological polar surface area (TPSA) is 73.3 Å². The fourth-order valence-electron chi connectivity index (χ4n) is 2.98. The number of ether oxygens (including phenoxy) is 1. The standard InChI is InChI=1S/C16H17NO4S.H2S/c1-2-5-12-10-21-16(18)15(12)22(19,20)13-8-3-6-11-7-4-9-17-14(11)13;/h3-4,6-9,12,15H,2,5,10H2,1H3;1H2/t12-,15?;/m0./s1. The first-order valence-electron chi connectivity index (χ1n) is 7.30. The number of pyridine rings is 1. The number of cyclic esters (lactones) is 1. The Morgan fingerprint density at radius 3 is 2.74 bits per heavy atom. The van der Waals surface area contributed by atoms with E-state index in [1.807, 2.05) is 6.92 Å². The number of benzene rings is 1. The second-order valence-electron chi connectivity index (χ2n) is 5.48. The van der Waals surface area contributed by atoms with Crippen LogP contribution in [0.2, 0.25) is 0 Å². The monoisotopic (exact) mass is 353 g/mol. The van der Waals surface area contributed by atoms with Gasteiger partial charge in [0, 0.05) is 17.5 Å². The lowest BCUT2D eigenvalue weighted by molar-refractivity contribution is -0.137. The second-order valence-corrected chi connectivity index (χ2v) is 7.51. The van der Waals surface area contributed by atoms with Gasteiger partial charge >= 0.3 is 5.97 Å². The normalized spacial score (nSPS) is 21.0. The Hall–Kier alpha value is -1.60. The minimum atomic E-state index is -3.82. The molecule has 1 fully saturated rings. The molecule has 2 aromatic rings. The van der Waals surface area contributed by atoms with Crippen LogP contribution >= 0.6 is 13.5 Å². The highest BCUT2D eigenvalue weighted by atomic mass is 32.2. The molecule has 124 valence electrons. The van der Waals surface area contributed by atoms with Gasteiger partial charge in [-0.05, 0) is 18.6 Å². The van der Waals surface area contributed by atoms with E-state index in [9.17, 15) is 13.2 Å². The quantitative estimate of drug-likeness (QED) is 0.790. The highest BCUT2D eigenvalue weighted by Crippen LogP contribution is 2.33. The van der Waals surface area contributed by atoms with Gasteiger partial charge in [0.25, 0.3) is 0 Å². The van der Waals surface area contributed by atoms with Crippen LogP contribution in [-0.4, -0.2) is 31.2 Å². The third kappa shape index (κ3) is 3.07. The van der Waals surface area contributed by atoms with Crippen molar-refractivity contribution in [2.24, 2.45) is 5.92 Å². The number of nitrogens with zero attached hydrogens (tertiary/aromatic N) is 1. The van der Waals surface area contributed by atoms with E-state index >= 15 is 0 Å². The van der Waals surface area contributed by atoms with Crippen LogP contribution in [-0.2, 0) is 19.4 Å². The van der Waals surface area contributed by atoms with Gasteiger partial charge in [0.15, 0.2) is 15.1 Å². The van der Waals surface area contributed by atoms with Crippen molar-refractivity contribution < 1.29 is 17.9 Å². The number of sulfone groups is 1. The van der Waals surface area contributed by atoms with E-state index in [0.717, 1.165) is 11.8 Å². The zero-order chi connectivity index (χ0) is 15.7. The summed E-state index contributed by atoms with van der Waals surface area (Å²) >= 11 is 0. The number of hydrogen-bond donors (Lipinski definition) is 0. The predicted molar refractivity (Wildman–Crippen MR) is 92.5 cm³/mol. The number of hydrogen-bond acceptors (Lipinski definition) is 5. The van der Waals surface area contributed by atoms with Gasteiger partial charge in [-0.3, -0.25) is 9.78 Å². The molecule has 23 heavy (non-hydrogen) atoms. The Kier molecular flexibility index (Phi) is 5.31. The Bertz CT molecular complexity index is 814. The maximum atomic E-state index is 13.0. The van der Waals surface area contributed by atoms with E-state index < -0.39 is 21.1 Å². The van der Waals surface area contributed by atoms with Gasteiger partial charge in [-0.15, -0.1) is 0 Å². The minimum absolute atomic E-state index is 0. The summed E-state index contributed by atoms with van der Waals surface area (Å²) in [5, 5.41) is -0.387. The van der Waals surface area contributed by atoms with Gasteiger partial charge in [0.2, 0.25) is 0 Å². The maximum Gasteiger partial charge on any atom is 0.325 e. The van der Waals surface area contributed by atoms with Crippen LogP contribution in [0.1, 0.15) is 19.8 Å². The van der Waals surface area contributed by atoms with Crippen LogP contribution in [0, 0.1) is 5.92 Å². The van der Waals surface area contributed by atoms with Crippen LogP contribution in [0.5, 0.6) is 0 Å². The van der Waals surface area contributed by atoms with Gasteiger partial charge in [0.05, 0.1) is 17.0 Å². The van der Waals surface area contributed by atoms with E-state index in [4.69, 9.17) is 4.74 Å². The van der Waals surface area contributed by atoms with Crippen molar-refractivity contribution in [2.75, 3.05) is 6.61 Å². The molecule has 0 spiro atoms. The average Bonchev–Trinajstić information content (AvgIpc) is 2.88. The van der Waals surface area contributed by atoms with Crippen molar-refractivity contribution in [2.45, 2.75) is 29.9 Å². The van der Waals surface area contributed by atoms with Gasteiger partial charge in [-0.2, -0.15) is 13.5 Å². The smallest absolute Gasteiger partial charge is 0.325 e. The minimum Gasteiger partial charge on any atom is -0.464 e. The highest BCUT2D eigenvalue weighted by molar-refractivity contribution is 7.93. The molecule has 0 amide bonds. The lowest BCUT2D eigenvalue weighted by Crippen LogP contribution is -2.32. The van der Waals surface area contributed by atoms with Crippen molar-refractivity contribution in [3.63, 3.8) is 0 Å². The predicted octanol–water partition coefficient (Wildman–Crippen LogP) is 2.46. The Morgan fingerprint density at radius 1 is 1.26 bits per heavy atom. The molecule has 0 saturated carbocycles. The number of esters is 1. The molecule has 1 aromatic carbocycles. The first-order chi connectivity index (χ1) is 10.6. The molecule has 2 atom stereocenters. The van der Waals surface area contributed by atoms with E-state index in [-0.39, 0.29) is 30.9 Å². The maximum absolute atomic E-state index is 13.0. The number of rotatable bonds is 4. The molecule has 0 aliphatic carbocycles. The Balaban J connectivity index is 0.00000192. The molecule has 1 saturated heterocycles. The number of aromatic nitrogens is 1. The number of fused-ring (bicyclic) bond motifs is 1. The van der Waals surface area contributed by atoms with Crippen molar-refractivity contribution >= 4 is 40.2 Å². The molecule has 5 nitrogen and oxygen atoms in total. The molecule has 2 heterocycles. The summed E-state index contributed by atoms with van der Waals surface area (Å²) in [6.07, 6.45) is 3.01. The molecular formula is C16H19NO4S2. The summed E-state index contributed by atoms with van der Waals surface area (Å²) in [5.41, 5.74) is 0.403. The SMILES string of the molecule is CCC[C@H]1COC(=O)C1S(=O)(=O)c1cccc2cccnc12.S. The number of carbonyl (C=O) groups excluding carboxylic acids is 1. The van der Waals surface area contributed by atoms with Crippen LogP contribution in [0.15, 0.2) is 41.4 Å². The van der Waals surface area contributed by atoms with E-state index in [1.54, 1.807) is 30.5 Å². The van der Waals surface area contributed by atoms with E-state index in [1.165, 1.54) is 6.07 Å².